The number of hydrogen-bond donors (Lipinski definition) is 2. The molecule has 30 heavy (non-hydrogen) atoms. The van der Waals surface area contributed by atoms with Gasteiger partial charge in [-0.05, 0) is 37.1 Å². The van der Waals surface area contributed by atoms with Gasteiger partial charge in [-0.1, -0.05) is 29.8 Å². The van der Waals surface area contributed by atoms with Gasteiger partial charge in [0.2, 0.25) is 0 Å². The van der Waals surface area contributed by atoms with Gasteiger partial charge in [0.15, 0.2) is 0 Å². The molecule has 2 aromatic carbocycles. The van der Waals surface area contributed by atoms with Gasteiger partial charge < -0.3 is 14.4 Å². The van der Waals surface area contributed by atoms with E-state index in [1.54, 1.807) is 47.9 Å². The molecule has 3 aromatic rings. The molecule has 0 unspecified atom stereocenters. The van der Waals surface area contributed by atoms with Crippen LogP contribution in [0.25, 0.3) is 22.0 Å². The Bertz CT molecular complexity index is 1200. The van der Waals surface area contributed by atoms with Crippen molar-refractivity contribution >= 4 is 40.3 Å². The highest BCUT2D eigenvalue weighted by Crippen LogP contribution is 2.39. The van der Waals surface area contributed by atoms with E-state index < -0.39 is 17.8 Å². The maximum Gasteiger partial charge on any atom is 0.354 e. The predicted octanol–water partition coefficient (Wildman–Crippen LogP) is 3.65. The van der Waals surface area contributed by atoms with Crippen LogP contribution in [-0.2, 0) is 11.3 Å². The molecule has 1 aromatic heterocycles. The van der Waals surface area contributed by atoms with Gasteiger partial charge in [0.25, 0.3) is 11.8 Å². The van der Waals surface area contributed by atoms with Crippen LogP contribution in [0.1, 0.15) is 46.0 Å². The molecule has 0 fully saturated rings. The Balaban J connectivity index is 0.00000272. The highest BCUT2D eigenvalue weighted by atomic mass is 35.5. The van der Waals surface area contributed by atoms with Crippen molar-refractivity contribution in [2.45, 2.75) is 19.9 Å². The van der Waals surface area contributed by atoms with Crippen LogP contribution < -0.4 is 5.32 Å². The summed E-state index contributed by atoms with van der Waals surface area (Å²) in [5, 5.41) is 12.6. The van der Waals surface area contributed by atoms with E-state index in [2.05, 4.69) is 5.32 Å². The lowest BCUT2D eigenvalue weighted by molar-refractivity contribution is 0.0513. The molecule has 0 saturated heterocycles. The summed E-state index contributed by atoms with van der Waals surface area (Å²) in [5.41, 5.74) is 2.40. The highest BCUT2D eigenvalue weighted by Gasteiger charge is 2.34. The summed E-state index contributed by atoms with van der Waals surface area (Å²) in [6.45, 7) is 2.17. The highest BCUT2D eigenvalue weighted by molar-refractivity contribution is 6.35. The molecule has 4 rings (SSSR count). The zero-order valence-electron chi connectivity index (χ0n) is 16.2. The zero-order chi connectivity index (χ0) is 21.4. The number of carbonyl (C=O) groups is 3. The second kappa shape index (κ2) is 7.93. The number of imide groups is 1. The Morgan fingerprint density at radius 1 is 1.17 bits per heavy atom. The van der Waals surface area contributed by atoms with Gasteiger partial charge in [0.05, 0.1) is 23.3 Å². The summed E-state index contributed by atoms with van der Waals surface area (Å²) in [6, 6.07) is 10.4. The van der Waals surface area contributed by atoms with Crippen molar-refractivity contribution in [2.75, 3.05) is 13.2 Å². The fraction of sp³-hybridized carbons (Fsp3) is 0.227. The lowest BCUT2D eigenvalue weighted by Crippen LogP contribution is -2.20. The van der Waals surface area contributed by atoms with Gasteiger partial charge >= 0.3 is 5.97 Å². The third-order valence-corrected chi connectivity index (χ3v) is 5.41. The van der Waals surface area contributed by atoms with Crippen LogP contribution in [0, 0.1) is 0 Å². The maximum atomic E-state index is 12.7. The molecule has 2 heterocycles. The molecule has 1 aliphatic rings. The Morgan fingerprint density at radius 2 is 1.90 bits per heavy atom. The Labute approximate surface area is 178 Å². The number of aliphatic hydroxyl groups excluding tert-OH is 1. The second-order valence-corrected chi connectivity index (χ2v) is 7.26. The van der Waals surface area contributed by atoms with Crippen molar-refractivity contribution in [1.29, 1.82) is 0 Å². The Morgan fingerprint density at radius 3 is 2.60 bits per heavy atom. The summed E-state index contributed by atoms with van der Waals surface area (Å²) in [5.74, 6) is -1.57. The molecule has 0 bridgehead atoms. The molecule has 0 spiro atoms. The molecule has 2 amide bonds. The van der Waals surface area contributed by atoms with Crippen molar-refractivity contribution in [3.8, 4) is 11.1 Å². The van der Waals surface area contributed by atoms with Gasteiger partial charge in [-0.15, -0.1) is 0 Å². The van der Waals surface area contributed by atoms with Crippen molar-refractivity contribution in [3.05, 3.63) is 58.2 Å². The monoisotopic (exact) mass is 428 g/mol. The van der Waals surface area contributed by atoms with Crippen LogP contribution in [0.5, 0.6) is 0 Å². The molecular weight excluding hydrogens is 408 g/mol. The number of nitrogens with zero attached hydrogens (tertiary/aromatic N) is 1. The molecule has 1 aliphatic heterocycles. The first-order valence-corrected chi connectivity index (χ1v) is 9.94. The van der Waals surface area contributed by atoms with Crippen LogP contribution >= 0.6 is 11.6 Å². The number of esters is 1. The number of aliphatic hydroxyl groups is 1. The molecule has 0 radical (unpaired) electrons. The number of benzene rings is 2. The second-order valence-electron chi connectivity index (χ2n) is 6.85. The quantitative estimate of drug-likeness (QED) is 0.461. The van der Waals surface area contributed by atoms with E-state index in [9.17, 15) is 19.5 Å². The lowest BCUT2D eigenvalue weighted by Gasteiger charge is -2.13. The summed E-state index contributed by atoms with van der Waals surface area (Å²) >= 11 is 6.39. The van der Waals surface area contributed by atoms with Crippen LogP contribution in [-0.4, -0.2) is 40.7 Å². The fourth-order valence-electron chi connectivity index (χ4n) is 3.83. The van der Waals surface area contributed by atoms with E-state index in [0.29, 0.717) is 40.0 Å². The third kappa shape index (κ3) is 3.16. The van der Waals surface area contributed by atoms with Crippen molar-refractivity contribution in [1.82, 2.24) is 9.88 Å². The number of amides is 2. The summed E-state index contributed by atoms with van der Waals surface area (Å²) in [4.78, 5) is 37.8. The maximum absolute atomic E-state index is 12.7. The fourth-order valence-corrected chi connectivity index (χ4v) is 4.07. The zero-order valence-corrected chi connectivity index (χ0v) is 17.0. The average Bonchev–Trinajstić information content (AvgIpc) is 3.23. The van der Waals surface area contributed by atoms with E-state index in [4.69, 9.17) is 16.3 Å². The minimum atomic E-state index is -0.538. The van der Waals surface area contributed by atoms with Crippen molar-refractivity contribution in [3.63, 3.8) is 0 Å². The molecular formula is C22H21ClN2O5. The minimum Gasteiger partial charge on any atom is -0.461 e. The van der Waals surface area contributed by atoms with Gasteiger partial charge in [-0.2, -0.15) is 0 Å². The number of halogens is 1. The number of ether oxygens (including phenoxy) is 1. The first-order valence-electron chi connectivity index (χ1n) is 9.56. The summed E-state index contributed by atoms with van der Waals surface area (Å²) in [6.07, 6.45) is 0.403. The summed E-state index contributed by atoms with van der Waals surface area (Å²) in [7, 11) is 0. The van der Waals surface area contributed by atoms with Crippen LogP contribution in [0.2, 0.25) is 5.02 Å². The Kier molecular flexibility index (Phi) is 5.32. The molecule has 156 valence electrons. The Hall–Kier alpha value is -3.16. The third-order valence-electron chi connectivity index (χ3n) is 5.08. The van der Waals surface area contributed by atoms with Crippen molar-refractivity contribution < 1.29 is 25.7 Å². The average molecular weight is 429 g/mol. The predicted molar refractivity (Wildman–Crippen MR) is 114 cm³/mol. The molecule has 0 saturated carbocycles. The number of fused-ring (bicyclic) bond motifs is 3. The number of aryl methyl sites for hydroxylation is 1. The molecule has 0 aliphatic carbocycles. The number of rotatable bonds is 6. The van der Waals surface area contributed by atoms with Gasteiger partial charge in [-0.25, -0.2) is 4.79 Å². The topological polar surface area (TPSA) is 97.6 Å². The van der Waals surface area contributed by atoms with Gasteiger partial charge in [0.1, 0.15) is 5.69 Å². The van der Waals surface area contributed by atoms with E-state index >= 15 is 0 Å². The molecule has 8 heteroatoms. The number of aromatic nitrogens is 1. The van der Waals surface area contributed by atoms with E-state index in [1.165, 1.54) is 0 Å². The van der Waals surface area contributed by atoms with Crippen LogP contribution in [0.15, 0.2) is 36.4 Å². The molecule has 7 nitrogen and oxygen atoms in total. The first kappa shape index (κ1) is 20.1. The van der Waals surface area contributed by atoms with Crippen LogP contribution in [0.3, 0.4) is 0 Å². The lowest BCUT2D eigenvalue weighted by atomic mass is 9.94. The minimum absolute atomic E-state index is 0. The SMILES string of the molecule is CCOC(=O)c1cc2c3c(c(-c4ccccc4Cl)cc2n1CCCO)C(=O)NC3=O.[HH]. The van der Waals surface area contributed by atoms with Gasteiger partial charge in [-0.3, -0.25) is 14.9 Å². The standard InChI is InChI=1S/C22H19ClN2O5.H2/c1-2-30-22(29)17-11-14-16(25(17)8-5-9-26)10-13(12-6-3-4-7-15(12)23)18-19(14)21(28)24-20(18)27;/h3-4,6-7,10-11,26H,2,5,8-9H2,1H3,(H,24,27,28);1H. The number of nitrogens with one attached hydrogen (secondary N) is 1. The normalized spacial score (nSPS) is 12.9. The van der Waals surface area contributed by atoms with E-state index in [0.717, 1.165) is 0 Å². The van der Waals surface area contributed by atoms with Crippen molar-refractivity contribution in [2.24, 2.45) is 0 Å². The molecule has 2 N–H and O–H groups in total. The molecule has 0 atom stereocenters. The number of carbonyl (C=O) groups excluding carboxylic acids is 3. The first-order chi connectivity index (χ1) is 14.5. The largest absolute Gasteiger partial charge is 0.461 e. The van der Waals surface area contributed by atoms with E-state index in [1.807, 2.05) is 0 Å². The smallest absolute Gasteiger partial charge is 0.354 e. The van der Waals surface area contributed by atoms with E-state index in [-0.39, 0.29) is 31.5 Å². The number of hydrogen-bond acceptors (Lipinski definition) is 5. The van der Waals surface area contributed by atoms with Gasteiger partial charge in [0, 0.05) is 30.6 Å². The van der Waals surface area contributed by atoms with Crippen LogP contribution in [0.4, 0.5) is 0 Å². The summed E-state index contributed by atoms with van der Waals surface area (Å²) < 4.78 is 6.88.